The average Bonchev–Trinajstić information content (AvgIpc) is 2.19. The topological polar surface area (TPSA) is 29.4 Å². The van der Waals surface area contributed by atoms with E-state index in [2.05, 4.69) is 4.99 Å². The van der Waals surface area contributed by atoms with E-state index in [-0.39, 0.29) is 5.78 Å². The zero-order chi connectivity index (χ0) is 9.52. The standard InChI is InChI=1S/C11H13NO/c1-2-12-9-8-11(13)10-6-4-3-5-7-10/h3-7,9H,2,8H2,1H3. The molecule has 2 heteroatoms. The van der Waals surface area contributed by atoms with Gasteiger partial charge in [-0.05, 0) is 6.92 Å². The normalized spacial score (nSPS) is 10.5. The van der Waals surface area contributed by atoms with Gasteiger partial charge in [-0.1, -0.05) is 30.3 Å². The lowest BCUT2D eigenvalue weighted by molar-refractivity contribution is 0.100. The fraction of sp³-hybridized carbons (Fsp3) is 0.273. The lowest BCUT2D eigenvalue weighted by Crippen LogP contribution is -1.98. The quantitative estimate of drug-likeness (QED) is 0.510. The van der Waals surface area contributed by atoms with E-state index in [0.29, 0.717) is 6.42 Å². The van der Waals surface area contributed by atoms with E-state index in [1.165, 1.54) is 0 Å². The van der Waals surface area contributed by atoms with Gasteiger partial charge in [-0.3, -0.25) is 9.79 Å². The van der Waals surface area contributed by atoms with Crippen LogP contribution in [0.4, 0.5) is 0 Å². The van der Waals surface area contributed by atoms with E-state index in [9.17, 15) is 4.79 Å². The van der Waals surface area contributed by atoms with Crippen molar-refractivity contribution in [1.29, 1.82) is 0 Å². The Morgan fingerprint density at radius 1 is 1.38 bits per heavy atom. The van der Waals surface area contributed by atoms with Crippen molar-refractivity contribution >= 4 is 12.0 Å². The van der Waals surface area contributed by atoms with Gasteiger partial charge in [-0.15, -0.1) is 0 Å². The summed E-state index contributed by atoms with van der Waals surface area (Å²) >= 11 is 0. The minimum Gasteiger partial charge on any atom is -0.297 e. The largest absolute Gasteiger partial charge is 0.297 e. The highest BCUT2D eigenvalue weighted by Crippen LogP contribution is 2.01. The summed E-state index contributed by atoms with van der Waals surface area (Å²) in [5, 5.41) is 0. The SMILES string of the molecule is CCN=CCC(=O)c1ccccc1. The maximum Gasteiger partial charge on any atom is 0.168 e. The van der Waals surface area contributed by atoms with Crippen molar-refractivity contribution in [2.24, 2.45) is 4.99 Å². The van der Waals surface area contributed by atoms with Crippen LogP contribution in [0.5, 0.6) is 0 Å². The third kappa shape index (κ3) is 3.20. The van der Waals surface area contributed by atoms with Gasteiger partial charge in [0, 0.05) is 24.7 Å². The van der Waals surface area contributed by atoms with Crippen LogP contribution in [0.25, 0.3) is 0 Å². The summed E-state index contributed by atoms with van der Waals surface area (Å²) in [6.07, 6.45) is 2.08. The summed E-state index contributed by atoms with van der Waals surface area (Å²) < 4.78 is 0. The summed E-state index contributed by atoms with van der Waals surface area (Å²) in [6.45, 7) is 2.69. The van der Waals surface area contributed by atoms with Gasteiger partial charge in [0.15, 0.2) is 5.78 Å². The molecule has 68 valence electrons. The van der Waals surface area contributed by atoms with Gasteiger partial charge in [0.25, 0.3) is 0 Å². The molecule has 1 aromatic carbocycles. The molecule has 0 atom stereocenters. The number of hydrogen-bond acceptors (Lipinski definition) is 2. The monoisotopic (exact) mass is 175 g/mol. The minimum absolute atomic E-state index is 0.123. The molecule has 0 fully saturated rings. The molecule has 0 amide bonds. The zero-order valence-corrected chi connectivity index (χ0v) is 7.73. The second kappa shape index (κ2) is 5.25. The Bertz CT molecular complexity index is 290. The van der Waals surface area contributed by atoms with Crippen molar-refractivity contribution < 1.29 is 4.79 Å². The molecule has 0 bridgehead atoms. The van der Waals surface area contributed by atoms with Crippen molar-refractivity contribution in [3.05, 3.63) is 35.9 Å². The second-order valence-electron chi connectivity index (χ2n) is 2.67. The number of benzene rings is 1. The Balaban J connectivity index is 2.54. The fourth-order valence-electron chi connectivity index (χ4n) is 1.02. The molecule has 0 aliphatic rings. The van der Waals surface area contributed by atoms with Crippen LogP contribution in [0.1, 0.15) is 23.7 Å². The Morgan fingerprint density at radius 3 is 2.69 bits per heavy atom. The molecule has 0 N–H and O–H groups in total. The van der Waals surface area contributed by atoms with Crippen molar-refractivity contribution in [3.8, 4) is 0 Å². The van der Waals surface area contributed by atoms with Gasteiger partial charge in [-0.25, -0.2) is 0 Å². The van der Waals surface area contributed by atoms with Crippen LogP contribution in [0.3, 0.4) is 0 Å². The number of nitrogens with zero attached hydrogens (tertiary/aromatic N) is 1. The van der Waals surface area contributed by atoms with Crippen LogP contribution in [0.2, 0.25) is 0 Å². The van der Waals surface area contributed by atoms with Crippen molar-refractivity contribution in [1.82, 2.24) is 0 Å². The van der Waals surface area contributed by atoms with Gasteiger partial charge in [0.2, 0.25) is 0 Å². The predicted octanol–water partition coefficient (Wildman–Crippen LogP) is 2.35. The maximum atomic E-state index is 11.4. The van der Waals surface area contributed by atoms with E-state index in [1.54, 1.807) is 6.21 Å². The van der Waals surface area contributed by atoms with Crippen LogP contribution < -0.4 is 0 Å². The van der Waals surface area contributed by atoms with E-state index in [1.807, 2.05) is 37.3 Å². The molecule has 0 aliphatic heterocycles. The van der Waals surface area contributed by atoms with E-state index in [4.69, 9.17) is 0 Å². The van der Waals surface area contributed by atoms with Gasteiger partial charge >= 0.3 is 0 Å². The highest BCUT2D eigenvalue weighted by molar-refractivity contribution is 6.03. The Labute approximate surface area is 78.3 Å². The summed E-state index contributed by atoms with van der Waals surface area (Å²) in [5.74, 6) is 0.123. The number of Topliss-reactive ketones (excluding diaryl/α,β-unsaturated/α-hetero) is 1. The van der Waals surface area contributed by atoms with Crippen LogP contribution in [-0.2, 0) is 0 Å². The van der Waals surface area contributed by atoms with Crippen LogP contribution in [-0.4, -0.2) is 18.5 Å². The first kappa shape index (κ1) is 9.65. The summed E-state index contributed by atoms with van der Waals surface area (Å²) in [7, 11) is 0. The van der Waals surface area contributed by atoms with Crippen molar-refractivity contribution in [2.45, 2.75) is 13.3 Å². The van der Waals surface area contributed by atoms with Gasteiger partial charge in [-0.2, -0.15) is 0 Å². The molecule has 0 aromatic heterocycles. The van der Waals surface area contributed by atoms with Crippen molar-refractivity contribution in [2.75, 3.05) is 6.54 Å². The van der Waals surface area contributed by atoms with Crippen LogP contribution >= 0.6 is 0 Å². The summed E-state index contributed by atoms with van der Waals surface area (Å²) in [6, 6.07) is 9.27. The number of rotatable bonds is 4. The average molecular weight is 175 g/mol. The Morgan fingerprint density at radius 2 is 2.08 bits per heavy atom. The molecular formula is C11H13NO. The summed E-state index contributed by atoms with van der Waals surface area (Å²) in [4.78, 5) is 15.4. The lowest BCUT2D eigenvalue weighted by Gasteiger charge is -1.95. The first-order valence-corrected chi connectivity index (χ1v) is 4.41. The number of carbonyl (C=O) groups excluding carboxylic acids is 1. The number of ketones is 1. The first-order chi connectivity index (χ1) is 6.34. The third-order valence-corrected chi connectivity index (χ3v) is 1.68. The molecule has 0 heterocycles. The second-order valence-corrected chi connectivity index (χ2v) is 2.67. The molecule has 0 aliphatic carbocycles. The van der Waals surface area contributed by atoms with Gasteiger partial charge in [0.1, 0.15) is 0 Å². The number of aliphatic imine (C=N–C) groups is 1. The molecule has 13 heavy (non-hydrogen) atoms. The predicted molar refractivity (Wildman–Crippen MR) is 54.4 cm³/mol. The highest BCUT2D eigenvalue weighted by Gasteiger charge is 2.01. The van der Waals surface area contributed by atoms with Crippen LogP contribution in [0.15, 0.2) is 35.3 Å². The zero-order valence-electron chi connectivity index (χ0n) is 7.73. The lowest BCUT2D eigenvalue weighted by atomic mass is 10.1. The molecule has 1 rings (SSSR count). The molecule has 0 unspecified atom stereocenters. The highest BCUT2D eigenvalue weighted by atomic mass is 16.1. The van der Waals surface area contributed by atoms with E-state index in [0.717, 1.165) is 12.1 Å². The molecule has 0 spiro atoms. The Kier molecular flexibility index (Phi) is 3.89. The van der Waals surface area contributed by atoms with Crippen LogP contribution in [0, 0.1) is 0 Å². The summed E-state index contributed by atoms with van der Waals surface area (Å²) in [5.41, 5.74) is 0.755. The maximum absolute atomic E-state index is 11.4. The van der Waals surface area contributed by atoms with Crippen molar-refractivity contribution in [3.63, 3.8) is 0 Å². The minimum atomic E-state index is 0.123. The molecular weight excluding hydrogens is 162 g/mol. The molecule has 2 nitrogen and oxygen atoms in total. The smallest absolute Gasteiger partial charge is 0.168 e. The molecule has 0 radical (unpaired) electrons. The van der Waals surface area contributed by atoms with E-state index >= 15 is 0 Å². The fourth-order valence-corrected chi connectivity index (χ4v) is 1.02. The Hall–Kier alpha value is -1.44. The number of carbonyl (C=O) groups is 1. The molecule has 1 aromatic rings. The molecule has 0 saturated heterocycles. The van der Waals surface area contributed by atoms with Gasteiger partial charge in [0.05, 0.1) is 0 Å². The number of hydrogen-bond donors (Lipinski definition) is 0. The molecule has 0 saturated carbocycles. The van der Waals surface area contributed by atoms with Gasteiger partial charge < -0.3 is 0 Å². The first-order valence-electron chi connectivity index (χ1n) is 4.41. The third-order valence-electron chi connectivity index (χ3n) is 1.68. The van der Waals surface area contributed by atoms with E-state index < -0.39 is 0 Å².